The first kappa shape index (κ1) is 25.6. The summed E-state index contributed by atoms with van der Waals surface area (Å²) in [6.07, 6.45) is 0.821. The van der Waals surface area contributed by atoms with Gasteiger partial charge in [-0.25, -0.2) is 0 Å². The largest absolute Gasteiger partial charge is 0.352 e. The van der Waals surface area contributed by atoms with E-state index < -0.39 is 6.04 Å². The zero-order chi connectivity index (χ0) is 23.0. The Morgan fingerprint density at radius 1 is 1.10 bits per heavy atom. The van der Waals surface area contributed by atoms with Gasteiger partial charge < -0.3 is 10.2 Å². The lowest BCUT2D eigenvalue weighted by Gasteiger charge is -2.30. The molecule has 0 bridgehead atoms. The molecule has 0 aliphatic rings. The van der Waals surface area contributed by atoms with Gasteiger partial charge in [0.1, 0.15) is 6.04 Å². The van der Waals surface area contributed by atoms with Crippen LogP contribution in [0.3, 0.4) is 0 Å². The SMILES string of the molecule is CC[C@H](C)NC(=O)[C@@H](C)N(Cc1ccc(Cl)cc1Cl)C(=O)CSCc1ccccc1C. The van der Waals surface area contributed by atoms with Crippen LogP contribution in [0.1, 0.15) is 43.9 Å². The third kappa shape index (κ3) is 7.74. The molecule has 2 rings (SSSR count). The Bertz CT molecular complexity index is 907. The van der Waals surface area contributed by atoms with Crippen LogP contribution in [0.4, 0.5) is 0 Å². The quantitative estimate of drug-likeness (QED) is 0.462. The summed E-state index contributed by atoms with van der Waals surface area (Å²) in [6.45, 7) is 8.02. The molecule has 2 aromatic carbocycles. The van der Waals surface area contributed by atoms with Gasteiger partial charge in [-0.15, -0.1) is 11.8 Å². The van der Waals surface area contributed by atoms with Crippen molar-refractivity contribution in [3.8, 4) is 0 Å². The number of hydrogen-bond donors (Lipinski definition) is 1. The van der Waals surface area contributed by atoms with Crippen LogP contribution in [0.2, 0.25) is 10.0 Å². The number of halogens is 2. The summed E-state index contributed by atoms with van der Waals surface area (Å²) in [5.74, 6) is 0.745. The van der Waals surface area contributed by atoms with Gasteiger partial charge in [-0.1, -0.05) is 60.5 Å². The monoisotopic (exact) mass is 480 g/mol. The molecule has 2 atom stereocenters. The van der Waals surface area contributed by atoms with Crippen molar-refractivity contribution in [2.45, 2.75) is 58.5 Å². The lowest BCUT2D eigenvalue weighted by atomic mass is 10.1. The first-order chi connectivity index (χ1) is 14.7. The predicted molar refractivity (Wildman–Crippen MR) is 132 cm³/mol. The molecule has 0 aliphatic carbocycles. The Balaban J connectivity index is 2.14. The molecule has 0 fully saturated rings. The van der Waals surface area contributed by atoms with Gasteiger partial charge in [0.2, 0.25) is 11.8 Å². The molecule has 0 unspecified atom stereocenters. The highest BCUT2D eigenvalue weighted by atomic mass is 35.5. The minimum absolute atomic E-state index is 0.0430. The first-order valence-electron chi connectivity index (χ1n) is 10.4. The van der Waals surface area contributed by atoms with Crippen molar-refractivity contribution < 1.29 is 9.59 Å². The standard InChI is InChI=1S/C24H30Cl2N2O2S/c1-5-17(3)27-24(30)18(4)28(13-19-10-11-21(25)12-22(19)26)23(29)15-31-14-20-9-7-6-8-16(20)2/h6-12,17-18H,5,13-15H2,1-4H3,(H,27,30)/t17-,18+/m0/s1. The molecule has 4 nitrogen and oxygen atoms in total. The summed E-state index contributed by atoms with van der Waals surface area (Å²) in [6, 6.07) is 12.7. The van der Waals surface area contributed by atoms with Crippen molar-refractivity contribution in [3.63, 3.8) is 0 Å². The van der Waals surface area contributed by atoms with E-state index in [2.05, 4.69) is 24.4 Å². The van der Waals surface area contributed by atoms with Gasteiger partial charge in [0.05, 0.1) is 5.75 Å². The summed E-state index contributed by atoms with van der Waals surface area (Å²) >= 11 is 13.9. The number of carbonyl (C=O) groups is 2. The first-order valence-corrected chi connectivity index (χ1v) is 12.3. The maximum Gasteiger partial charge on any atom is 0.242 e. The maximum atomic E-state index is 13.2. The zero-order valence-electron chi connectivity index (χ0n) is 18.5. The summed E-state index contributed by atoms with van der Waals surface area (Å²) in [5.41, 5.74) is 3.16. The van der Waals surface area contributed by atoms with Crippen molar-refractivity contribution in [2.75, 3.05) is 5.75 Å². The van der Waals surface area contributed by atoms with Crippen LogP contribution in [0, 0.1) is 6.92 Å². The van der Waals surface area contributed by atoms with E-state index in [0.29, 0.717) is 10.0 Å². The highest BCUT2D eigenvalue weighted by Crippen LogP contribution is 2.24. The van der Waals surface area contributed by atoms with Gasteiger partial charge in [0.15, 0.2) is 0 Å². The summed E-state index contributed by atoms with van der Waals surface area (Å²) in [5, 5.41) is 3.98. The fourth-order valence-corrected chi connectivity index (χ4v) is 4.44. The van der Waals surface area contributed by atoms with Gasteiger partial charge >= 0.3 is 0 Å². The number of amides is 2. The van der Waals surface area contributed by atoms with Crippen LogP contribution < -0.4 is 5.32 Å². The molecule has 0 saturated heterocycles. The zero-order valence-corrected chi connectivity index (χ0v) is 20.8. The summed E-state index contributed by atoms with van der Waals surface area (Å²) < 4.78 is 0. The van der Waals surface area contributed by atoms with Gasteiger partial charge in [-0.2, -0.15) is 0 Å². The minimum Gasteiger partial charge on any atom is -0.352 e. The van der Waals surface area contributed by atoms with E-state index in [0.717, 1.165) is 17.7 Å². The van der Waals surface area contributed by atoms with E-state index >= 15 is 0 Å². The molecule has 2 amide bonds. The Kier molecular flexibility index (Phi) is 10.2. The molecule has 0 saturated carbocycles. The van der Waals surface area contributed by atoms with E-state index in [1.807, 2.05) is 26.0 Å². The molecule has 0 spiro atoms. The van der Waals surface area contributed by atoms with Crippen LogP contribution in [0.5, 0.6) is 0 Å². The number of rotatable bonds is 10. The number of thioether (sulfide) groups is 1. The molecule has 0 heterocycles. The predicted octanol–water partition coefficient (Wildman–Crippen LogP) is 5.87. The number of nitrogens with zero attached hydrogens (tertiary/aromatic N) is 1. The van der Waals surface area contributed by atoms with Crippen LogP contribution in [0.25, 0.3) is 0 Å². The fraction of sp³-hybridized carbons (Fsp3) is 0.417. The molecule has 168 valence electrons. The molecule has 7 heteroatoms. The number of benzene rings is 2. The van der Waals surface area contributed by atoms with E-state index in [9.17, 15) is 9.59 Å². The number of nitrogens with one attached hydrogen (secondary N) is 1. The van der Waals surface area contributed by atoms with E-state index in [4.69, 9.17) is 23.2 Å². The average molecular weight is 481 g/mol. The molecule has 0 aliphatic heterocycles. The van der Waals surface area contributed by atoms with Gasteiger partial charge in [0, 0.05) is 28.4 Å². The third-order valence-corrected chi connectivity index (χ3v) is 6.82. The van der Waals surface area contributed by atoms with E-state index in [1.165, 1.54) is 11.1 Å². The second-order valence-electron chi connectivity index (χ2n) is 7.67. The molecule has 2 aromatic rings. The second-order valence-corrected chi connectivity index (χ2v) is 9.50. The topological polar surface area (TPSA) is 49.4 Å². The van der Waals surface area contributed by atoms with Crippen LogP contribution in [-0.4, -0.2) is 34.6 Å². The molecular formula is C24H30Cl2N2O2S. The molecule has 31 heavy (non-hydrogen) atoms. The highest BCUT2D eigenvalue weighted by Gasteiger charge is 2.27. The minimum atomic E-state index is -0.618. The Labute approximate surface area is 199 Å². The Morgan fingerprint density at radius 2 is 1.81 bits per heavy atom. The van der Waals surface area contributed by atoms with E-state index in [1.54, 1.807) is 41.8 Å². The second kappa shape index (κ2) is 12.4. The van der Waals surface area contributed by atoms with Crippen LogP contribution in [0.15, 0.2) is 42.5 Å². The molecular weight excluding hydrogens is 451 g/mol. The number of carbonyl (C=O) groups excluding carboxylic acids is 2. The maximum absolute atomic E-state index is 13.2. The molecule has 1 N–H and O–H groups in total. The number of hydrogen-bond acceptors (Lipinski definition) is 3. The van der Waals surface area contributed by atoms with Crippen molar-refractivity contribution >= 4 is 46.8 Å². The van der Waals surface area contributed by atoms with Gasteiger partial charge in [-0.3, -0.25) is 9.59 Å². The van der Waals surface area contributed by atoms with E-state index in [-0.39, 0.29) is 30.2 Å². The Hall–Kier alpha value is -1.69. The lowest BCUT2D eigenvalue weighted by Crippen LogP contribution is -2.50. The number of aryl methyl sites for hydroxylation is 1. The normalized spacial score (nSPS) is 12.8. The van der Waals surface area contributed by atoms with Crippen LogP contribution in [-0.2, 0) is 21.9 Å². The van der Waals surface area contributed by atoms with Gasteiger partial charge in [-0.05, 0) is 56.0 Å². The van der Waals surface area contributed by atoms with Gasteiger partial charge in [0.25, 0.3) is 0 Å². The molecule has 0 aromatic heterocycles. The van der Waals surface area contributed by atoms with Crippen molar-refractivity contribution in [2.24, 2.45) is 0 Å². The van der Waals surface area contributed by atoms with Crippen molar-refractivity contribution in [1.29, 1.82) is 0 Å². The van der Waals surface area contributed by atoms with Crippen LogP contribution >= 0.6 is 35.0 Å². The lowest BCUT2D eigenvalue weighted by molar-refractivity contribution is -0.138. The highest BCUT2D eigenvalue weighted by molar-refractivity contribution is 7.99. The fourth-order valence-electron chi connectivity index (χ4n) is 2.98. The Morgan fingerprint density at radius 3 is 2.45 bits per heavy atom. The third-order valence-electron chi connectivity index (χ3n) is 5.27. The average Bonchev–Trinajstić information content (AvgIpc) is 2.73. The summed E-state index contributed by atoms with van der Waals surface area (Å²) in [4.78, 5) is 27.5. The summed E-state index contributed by atoms with van der Waals surface area (Å²) in [7, 11) is 0. The molecule has 0 radical (unpaired) electrons. The van der Waals surface area contributed by atoms with Crippen molar-refractivity contribution in [1.82, 2.24) is 10.2 Å². The smallest absolute Gasteiger partial charge is 0.242 e. The van der Waals surface area contributed by atoms with Crippen molar-refractivity contribution in [3.05, 3.63) is 69.2 Å².